The molecule has 7 heteroatoms. The number of nitrogens with zero attached hydrogens (tertiary/aromatic N) is 1. The standard InChI is InChI=1S/C13H11F2N3O2/c14-7-1-2-8(10(15)5-7)13(20)18-4-3-9-11(6-18)16-17-12(9)19/h1-2,5H,3-4,6H2,(H2,16,17,19). The van der Waals surface area contributed by atoms with Crippen LogP contribution >= 0.6 is 0 Å². The maximum atomic E-state index is 13.6. The third-order valence-electron chi connectivity index (χ3n) is 3.39. The van der Waals surface area contributed by atoms with Crippen LogP contribution in [0.15, 0.2) is 23.0 Å². The highest BCUT2D eigenvalue weighted by Crippen LogP contribution is 2.18. The van der Waals surface area contributed by atoms with E-state index in [9.17, 15) is 18.4 Å². The molecule has 0 saturated heterocycles. The van der Waals surface area contributed by atoms with Crippen LogP contribution in [-0.2, 0) is 13.0 Å². The van der Waals surface area contributed by atoms with Crippen LogP contribution in [0, 0.1) is 11.6 Å². The van der Waals surface area contributed by atoms with E-state index in [1.165, 1.54) is 4.90 Å². The van der Waals surface area contributed by atoms with E-state index in [0.29, 0.717) is 30.3 Å². The van der Waals surface area contributed by atoms with E-state index in [1.807, 2.05) is 0 Å². The number of carbonyl (C=O) groups is 1. The SMILES string of the molecule is O=C(c1ccc(F)cc1F)N1CCc2c([nH][nH]c2=O)C1. The third kappa shape index (κ3) is 2.01. The maximum absolute atomic E-state index is 13.6. The Balaban J connectivity index is 1.87. The molecule has 104 valence electrons. The van der Waals surface area contributed by atoms with Crippen molar-refractivity contribution in [2.75, 3.05) is 6.54 Å². The molecule has 1 amide bonds. The molecule has 0 fully saturated rings. The summed E-state index contributed by atoms with van der Waals surface area (Å²) in [6.45, 7) is 0.521. The molecule has 0 radical (unpaired) electrons. The molecule has 1 aliphatic heterocycles. The first-order chi connectivity index (χ1) is 9.56. The predicted octanol–water partition coefficient (Wildman–Crippen LogP) is 1.18. The lowest BCUT2D eigenvalue weighted by atomic mass is 10.1. The zero-order chi connectivity index (χ0) is 14.3. The highest BCUT2D eigenvalue weighted by Gasteiger charge is 2.26. The molecule has 3 rings (SSSR count). The molecular formula is C13H11F2N3O2. The molecule has 1 aromatic heterocycles. The molecule has 0 saturated carbocycles. The second-order valence-electron chi connectivity index (χ2n) is 4.64. The first kappa shape index (κ1) is 12.6. The van der Waals surface area contributed by atoms with E-state index in [1.54, 1.807) is 0 Å². The number of rotatable bonds is 1. The number of benzene rings is 1. The second kappa shape index (κ2) is 4.59. The zero-order valence-corrected chi connectivity index (χ0v) is 10.4. The lowest BCUT2D eigenvalue weighted by Crippen LogP contribution is -2.37. The van der Waals surface area contributed by atoms with Crippen molar-refractivity contribution >= 4 is 5.91 Å². The minimum atomic E-state index is -0.886. The fourth-order valence-corrected chi connectivity index (χ4v) is 2.34. The number of hydrogen-bond donors (Lipinski definition) is 2. The Bertz CT molecular complexity index is 735. The number of aromatic nitrogens is 2. The first-order valence-corrected chi connectivity index (χ1v) is 6.09. The van der Waals surface area contributed by atoms with Gasteiger partial charge in [0.1, 0.15) is 11.6 Å². The van der Waals surface area contributed by atoms with E-state index < -0.39 is 17.5 Å². The van der Waals surface area contributed by atoms with E-state index in [2.05, 4.69) is 10.2 Å². The van der Waals surface area contributed by atoms with Crippen LogP contribution in [0.2, 0.25) is 0 Å². The molecule has 1 aliphatic rings. The summed E-state index contributed by atoms with van der Waals surface area (Å²) in [5.41, 5.74) is 0.874. The topological polar surface area (TPSA) is 69.0 Å². The number of aromatic amines is 2. The van der Waals surface area contributed by atoms with Gasteiger partial charge in [-0.1, -0.05) is 0 Å². The number of carbonyl (C=O) groups excluding carboxylic acids is 1. The summed E-state index contributed by atoms with van der Waals surface area (Å²) in [6.07, 6.45) is 0.405. The van der Waals surface area contributed by atoms with Gasteiger partial charge in [0.15, 0.2) is 0 Å². The maximum Gasteiger partial charge on any atom is 0.267 e. The van der Waals surface area contributed by atoms with Crippen LogP contribution in [0.1, 0.15) is 21.6 Å². The van der Waals surface area contributed by atoms with Crippen LogP contribution < -0.4 is 5.56 Å². The summed E-state index contributed by atoms with van der Waals surface area (Å²) in [5.74, 6) is -2.13. The molecule has 2 N–H and O–H groups in total. The Labute approximate surface area is 112 Å². The van der Waals surface area contributed by atoms with E-state index >= 15 is 0 Å². The lowest BCUT2D eigenvalue weighted by Gasteiger charge is -2.26. The molecule has 5 nitrogen and oxygen atoms in total. The van der Waals surface area contributed by atoms with E-state index in [0.717, 1.165) is 12.1 Å². The smallest absolute Gasteiger partial charge is 0.267 e. The minimum Gasteiger partial charge on any atom is -0.332 e. The van der Waals surface area contributed by atoms with Crippen LogP contribution in [0.5, 0.6) is 0 Å². The highest BCUT2D eigenvalue weighted by molar-refractivity contribution is 5.94. The Morgan fingerprint density at radius 1 is 1.25 bits per heavy atom. The van der Waals surface area contributed by atoms with Crippen molar-refractivity contribution < 1.29 is 13.6 Å². The molecule has 0 bridgehead atoms. The van der Waals surface area contributed by atoms with Gasteiger partial charge >= 0.3 is 0 Å². The van der Waals surface area contributed by atoms with Gasteiger partial charge in [-0.2, -0.15) is 0 Å². The highest BCUT2D eigenvalue weighted by atomic mass is 19.1. The quantitative estimate of drug-likeness (QED) is 0.823. The Morgan fingerprint density at radius 2 is 2.05 bits per heavy atom. The van der Waals surface area contributed by atoms with Gasteiger partial charge in [0, 0.05) is 18.2 Å². The molecular weight excluding hydrogens is 268 g/mol. The van der Waals surface area contributed by atoms with Crippen molar-refractivity contribution in [2.24, 2.45) is 0 Å². The van der Waals surface area contributed by atoms with E-state index in [4.69, 9.17) is 0 Å². The fourth-order valence-electron chi connectivity index (χ4n) is 2.34. The van der Waals surface area contributed by atoms with Crippen molar-refractivity contribution in [1.29, 1.82) is 0 Å². The number of amides is 1. The molecule has 0 spiro atoms. The Morgan fingerprint density at radius 3 is 2.80 bits per heavy atom. The molecule has 20 heavy (non-hydrogen) atoms. The molecule has 1 aromatic carbocycles. The van der Waals surface area contributed by atoms with Crippen LogP contribution in [0.3, 0.4) is 0 Å². The first-order valence-electron chi connectivity index (χ1n) is 6.09. The summed E-state index contributed by atoms with van der Waals surface area (Å²) >= 11 is 0. The summed E-state index contributed by atoms with van der Waals surface area (Å²) in [6, 6.07) is 2.85. The molecule has 0 aliphatic carbocycles. The van der Waals surface area contributed by atoms with Crippen molar-refractivity contribution in [3.8, 4) is 0 Å². The van der Waals surface area contributed by atoms with Crippen molar-refractivity contribution in [3.63, 3.8) is 0 Å². The summed E-state index contributed by atoms with van der Waals surface area (Å²) in [5, 5.41) is 5.16. The fraction of sp³-hybridized carbons (Fsp3) is 0.231. The predicted molar refractivity (Wildman–Crippen MR) is 66.2 cm³/mol. The Hall–Kier alpha value is -2.44. The summed E-state index contributed by atoms with van der Waals surface area (Å²) in [4.78, 5) is 25.0. The number of fused-ring (bicyclic) bond motifs is 1. The number of hydrogen-bond acceptors (Lipinski definition) is 2. The van der Waals surface area contributed by atoms with Gasteiger partial charge in [-0.3, -0.25) is 14.7 Å². The van der Waals surface area contributed by atoms with Crippen molar-refractivity contribution in [2.45, 2.75) is 13.0 Å². The molecule has 0 unspecified atom stereocenters. The third-order valence-corrected chi connectivity index (χ3v) is 3.39. The minimum absolute atomic E-state index is 0.173. The van der Waals surface area contributed by atoms with Gasteiger partial charge in [-0.05, 0) is 18.6 Å². The van der Waals surface area contributed by atoms with Gasteiger partial charge in [0.05, 0.1) is 17.8 Å². The summed E-state index contributed by atoms with van der Waals surface area (Å²) in [7, 11) is 0. The zero-order valence-electron chi connectivity index (χ0n) is 10.4. The van der Waals surface area contributed by atoms with Crippen molar-refractivity contribution in [1.82, 2.24) is 15.1 Å². The van der Waals surface area contributed by atoms with E-state index in [-0.39, 0.29) is 17.7 Å². The van der Waals surface area contributed by atoms with Gasteiger partial charge in [0.2, 0.25) is 0 Å². The largest absolute Gasteiger partial charge is 0.332 e. The average molecular weight is 279 g/mol. The van der Waals surface area contributed by atoms with Crippen molar-refractivity contribution in [3.05, 3.63) is 57.0 Å². The number of nitrogens with one attached hydrogen (secondary N) is 2. The van der Waals surface area contributed by atoms with Gasteiger partial charge in [-0.15, -0.1) is 0 Å². The van der Waals surface area contributed by atoms with Crippen LogP contribution in [0.25, 0.3) is 0 Å². The molecule has 0 atom stereocenters. The monoisotopic (exact) mass is 279 g/mol. The number of halogens is 2. The summed E-state index contributed by atoms with van der Waals surface area (Å²) < 4.78 is 26.4. The van der Waals surface area contributed by atoms with Gasteiger partial charge in [-0.25, -0.2) is 8.78 Å². The number of H-pyrrole nitrogens is 2. The lowest BCUT2D eigenvalue weighted by molar-refractivity contribution is 0.0727. The van der Waals surface area contributed by atoms with Gasteiger partial charge in [0.25, 0.3) is 11.5 Å². The molecule has 2 aromatic rings. The Kier molecular flexibility index (Phi) is 2.89. The van der Waals surface area contributed by atoms with Crippen LogP contribution in [0.4, 0.5) is 8.78 Å². The molecule has 2 heterocycles. The second-order valence-corrected chi connectivity index (χ2v) is 4.64. The van der Waals surface area contributed by atoms with Gasteiger partial charge < -0.3 is 10.00 Å². The average Bonchev–Trinajstić information content (AvgIpc) is 2.79. The normalized spacial score (nSPS) is 14.2. The van der Waals surface area contributed by atoms with Crippen LogP contribution in [-0.4, -0.2) is 27.5 Å².